The van der Waals surface area contributed by atoms with Crippen LogP contribution in [0.2, 0.25) is 0 Å². The lowest BCUT2D eigenvalue weighted by molar-refractivity contribution is -0.123. The van der Waals surface area contributed by atoms with Crippen LogP contribution >= 0.6 is 0 Å². The molecule has 0 heterocycles. The molecule has 2 aromatic carbocycles. The highest BCUT2D eigenvalue weighted by molar-refractivity contribution is 5.77. The number of hydrogen-bond donors (Lipinski definition) is 1. The minimum absolute atomic E-state index is 0.0642. The fourth-order valence-electron chi connectivity index (χ4n) is 2.40. The van der Waals surface area contributed by atoms with Crippen molar-refractivity contribution in [1.29, 1.82) is 0 Å². The minimum atomic E-state index is -0.0642. The van der Waals surface area contributed by atoms with Crippen molar-refractivity contribution < 1.29 is 9.53 Å². The summed E-state index contributed by atoms with van der Waals surface area (Å²) in [5.41, 5.74) is 3.60. The smallest absolute Gasteiger partial charge is 0.257 e. The number of benzene rings is 2. The molecule has 2 rings (SSSR count). The van der Waals surface area contributed by atoms with E-state index in [2.05, 4.69) is 29.6 Å². The summed E-state index contributed by atoms with van der Waals surface area (Å²) in [4.78, 5) is 11.8. The Morgan fingerprint density at radius 1 is 1.00 bits per heavy atom. The third-order valence-corrected chi connectivity index (χ3v) is 3.97. The topological polar surface area (TPSA) is 38.3 Å². The third kappa shape index (κ3) is 5.78. The molecule has 0 radical (unpaired) electrons. The summed E-state index contributed by atoms with van der Waals surface area (Å²) in [5.74, 6) is 0.717. The predicted molar refractivity (Wildman–Crippen MR) is 93.8 cm³/mol. The number of unbranched alkanes of at least 4 members (excludes halogenated alkanes) is 1. The van der Waals surface area contributed by atoms with E-state index in [1.54, 1.807) is 0 Å². The van der Waals surface area contributed by atoms with Crippen LogP contribution < -0.4 is 10.1 Å². The quantitative estimate of drug-likeness (QED) is 0.753. The fraction of sp³-hybridized carbons (Fsp3) is 0.350. The highest BCUT2D eigenvalue weighted by Gasteiger charge is 2.05. The molecule has 1 amide bonds. The molecular formula is C20H25NO2. The SMILES string of the molecule is Cc1cccc(OCC(=O)NCCCCc2ccccc2)c1C. The van der Waals surface area contributed by atoms with Crippen LogP contribution in [0.3, 0.4) is 0 Å². The summed E-state index contributed by atoms with van der Waals surface area (Å²) < 4.78 is 5.59. The Kier molecular flexibility index (Phi) is 6.67. The summed E-state index contributed by atoms with van der Waals surface area (Å²) in [6.07, 6.45) is 3.10. The number of carbonyl (C=O) groups is 1. The van der Waals surface area contributed by atoms with Crippen LogP contribution in [0, 0.1) is 13.8 Å². The van der Waals surface area contributed by atoms with Crippen molar-refractivity contribution in [3.8, 4) is 5.75 Å². The molecule has 0 spiro atoms. The largest absolute Gasteiger partial charge is 0.483 e. The number of carbonyl (C=O) groups excluding carboxylic acids is 1. The van der Waals surface area contributed by atoms with Gasteiger partial charge in [0.2, 0.25) is 0 Å². The van der Waals surface area contributed by atoms with Gasteiger partial charge in [-0.15, -0.1) is 0 Å². The van der Waals surface area contributed by atoms with Gasteiger partial charge in [0.25, 0.3) is 5.91 Å². The number of amides is 1. The number of hydrogen-bond acceptors (Lipinski definition) is 2. The third-order valence-electron chi connectivity index (χ3n) is 3.97. The minimum Gasteiger partial charge on any atom is -0.483 e. The first-order valence-electron chi connectivity index (χ1n) is 8.16. The van der Waals surface area contributed by atoms with E-state index in [9.17, 15) is 4.79 Å². The number of aryl methyl sites for hydroxylation is 2. The molecule has 0 aliphatic carbocycles. The number of ether oxygens (including phenoxy) is 1. The van der Waals surface area contributed by atoms with E-state index < -0.39 is 0 Å². The van der Waals surface area contributed by atoms with Crippen molar-refractivity contribution in [1.82, 2.24) is 5.32 Å². The van der Waals surface area contributed by atoms with Crippen molar-refractivity contribution in [3.63, 3.8) is 0 Å². The van der Waals surface area contributed by atoms with Crippen molar-refractivity contribution in [2.24, 2.45) is 0 Å². The van der Waals surface area contributed by atoms with E-state index >= 15 is 0 Å². The monoisotopic (exact) mass is 311 g/mol. The molecule has 122 valence electrons. The van der Waals surface area contributed by atoms with Gasteiger partial charge in [-0.2, -0.15) is 0 Å². The molecular weight excluding hydrogens is 286 g/mol. The molecule has 0 bridgehead atoms. The van der Waals surface area contributed by atoms with Crippen molar-refractivity contribution in [2.75, 3.05) is 13.2 Å². The van der Waals surface area contributed by atoms with E-state index in [0.717, 1.165) is 30.6 Å². The summed E-state index contributed by atoms with van der Waals surface area (Å²) in [5, 5.41) is 2.91. The molecule has 23 heavy (non-hydrogen) atoms. The molecule has 0 saturated heterocycles. The molecule has 3 heteroatoms. The maximum atomic E-state index is 11.8. The van der Waals surface area contributed by atoms with Crippen LogP contribution in [0.15, 0.2) is 48.5 Å². The van der Waals surface area contributed by atoms with Crippen LogP contribution in [0.1, 0.15) is 29.5 Å². The van der Waals surface area contributed by atoms with Gasteiger partial charge in [-0.3, -0.25) is 4.79 Å². The van der Waals surface area contributed by atoms with Gasteiger partial charge in [0.05, 0.1) is 0 Å². The second-order valence-corrected chi connectivity index (χ2v) is 5.78. The highest BCUT2D eigenvalue weighted by atomic mass is 16.5. The second kappa shape index (κ2) is 8.99. The van der Waals surface area contributed by atoms with Gasteiger partial charge in [-0.25, -0.2) is 0 Å². The van der Waals surface area contributed by atoms with Crippen molar-refractivity contribution >= 4 is 5.91 Å². The zero-order valence-electron chi connectivity index (χ0n) is 14.0. The second-order valence-electron chi connectivity index (χ2n) is 5.78. The van der Waals surface area contributed by atoms with Crippen LogP contribution in [0.25, 0.3) is 0 Å². The first-order valence-corrected chi connectivity index (χ1v) is 8.16. The first kappa shape index (κ1) is 17.1. The summed E-state index contributed by atoms with van der Waals surface area (Å²) in [7, 11) is 0. The molecule has 3 nitrogen and oxygen atoms in total. The lowest BCUT2D eigenvalue weighted by Gasteiger charge is -2.11. The van der Waals surface area contributed by atoms with Crippen LogP contribution in [0.4, 0.5) is 0 Å². The Labute approximate surface area is 138 Å². The van der Waals surface area contributed by atoms with Crippen molar-refractivity contribution in [3.05, 3.63) is 65.2 Å². The molecule has 0 fully saturated rings. The van der Waals surface area contributed by atoms with Gasteiger partial charge in [0, 0.05) is 6.54 Å². The number of nitrogens with one attached hydrogen (secondary N) is 1. The van der Waals surface area contributed by atoms with Crippen LogP contribution in [-0.4, -0.2) is 19.1 Å². The molecule has 0 atom stereocenters. The van der Waals surface area contributed by atoms with Crippen molar-refractivity contribution in [2.45, 2.75) is 33.1 Å². The van der Waals surface area contributed by atoms with E-state index in [4.69, 9.17) is 4.74 Å². The molecule has 0 saturated carbocycles. The molecule has 0 aromatic heterocycles. The Bertz CT molecular complexity index is 623. The van der Waals surface area contributed by atoms with Gasteiger partial charge in [0.15, 0.2) is 6.61 Å². The summed E-state index contributed by atoms with van der Waals surface area (Å²) in [6, 6.07) is 16.3. The standard InChI is InChI=1S/C20H25NO2/c1-16-9-8-13-19(17(16)2)23-15-20(22)21-14-7-6-12-18-10-4-3-5-11-18/h3-5,8-11,13H,6-7,12,14-15H2,1-2H3,(H,21,22). The average molecular weight is 311 g/mol. The average Bonchev–Trinajstić information content (AvgIpc) is 2.57. The Hall–Kier alpha value is -2.29. The van der Waals surface area contributed by atoms with E-state index in [0.29, 0.717) is 6.54 Å². The first-order chi connectivity index (χ1) is 11.2. The molecule has 0 aliphatic heterocycles. The lowest BCUT2D eigenvalue weighted by Crippen LogP contribution is -2.29. The van der Waals surface area contributed by atoms with Gasteiger partial charge < -0.3 is 10.1 Å². The Morgan fingerprint density at radius 2 is 1.78 bits per heavy atom. The van der Waals surface area contributed by atoms with E-state index in [-0.39, 0.29) is 12.5 Å². The predicted octanol–water partition coefficient (Wildman–Crippen LogP) is 3.82. The lowest BCUT2D eigenvalue weighted by atomic mass is 10.1. The summed E-state index contributed by atoms with van der Waals surface area (Å²) in [6.45, 7) is 4.81. The Morgan fingerprint density at radius 3 is 2.57 bits per heavy atom. The van der Waals surface area contributed by atoms with Gasteiger partial charge in [-0.1, -0.05) is 42.5 Å². The highest BCUT2D eigenvalue weighted by Crippen LogP contribution is 2.20. The zero-order chi connectivity index (χ0) is 16.5. The maximum Gasteiger partial charge on any atom is 0.257 e. The number of rotatable bonds is 8. The van der Waals surface area contributed by atoms with E-state index in [1.807, 2.05) is 38.1 Å². The van der Waals surface area contributed by atoms with Crippen LogP contribution in [-0.2, 0) is 11.2 Å². The zero-order valence-corrected chi connectivity index (χ0v) is 14.0. The van der Waals surface area contributed by atoms with Crippen LogP contribution in [0.5, 0.6) is 5.75 Å². The summed E-state index contributed by atoms with van der Waals surface area (Å²) >= 11 is 0. The maximum absolute atomic E-state index is 11.8. The molecule has 0 aliphatic rings. The molecule has 2 aromatic rings. The van der Waals surface area contributed by atoms with E-state index in [1.165, 1.54) is 11.1 Å². The van der Waals surface area contributed by atoms with Gasteiger partial charge >= 0.3 is 0 Å². The molecule has 0 unspecified atom stereocenters. The fourth-order valence-corrected chi connectivity index (χ4v) is 2.40. The normalized spacial score (nSPS) is 10.3. The molecule has 1 N–H and O–H groups in total. The van der Waals surface area contributed by atoms with Gasteiger partial charge in [0.1, 0.15) is 5.75 Å². The van der Waals surface area contributed by atoms with Gasteiger partial charge in [-0.05, 0) is 55.9 Å². The Balaban J connectivity index is 1.61.